The second-order valence-corrected chi connectivity index (χ2v) is 6.25. The van der Waals surface area contributed by atoms with Crippen LogP contribution in [0.25, 0.3) is 0 Å². The SMILES string of the molecule is CNc1ccc(C(=O)OCC(=O)N[C@H]2CCCC[C@H]2C)cc1[N+](=O)[O-]. The first-order chi connectivity index (χ1) is 11.9. The Morgan fingerprint density at radius 1 is 1.32 bits per heavy atom. The third-order valence-corrected chi connectivity index (χ3v) is 4.49. The molecule has 1 amide bonds. The molecular weight excluding hydrogens is 326 g/mol. The number of esters is 1. The van der Waals surface area contributed by atoms with Crippen LogP contribution in [0, 0.1) is 16.0 Å². The zero-order valence-electron chi connectivity index (χ0n) is 14.4. The van der Waals surface area contributed by atoms with Crippen LogP contribution in [0.1, 0.15) is 43.0 Å². The number of hydrogen-bond donors (Lipinski definition) is 2. The molecule has 8 heteroatoms. The molecule has 1 aliphatic rings. The Morgan fingerprint density at radius 2 is 2.04 bits per heavy atom. The first-order valence-corrected chi connectivity index (χ1v) is 8.35. The van der Waals surface area contributed by atoms with Gasteiger partial charge in [0.1, 0.15) is 5.69 Å². The van der Waals surface area contributed by atoms with Crippen molar-refractivity contribution >= 4 is 23.3 Å². The lowest BCUT2D eigenvalue weighted by atomic mass is 9.86. The van der Waals surface area contributed by atoms with E-state index in [0.29, 0.717) is 11.6 Å². The highest BCUT2D eigenvalue weighted by Crippen LogP contribution is 2.25. The maximum atomic E-state index is 12.0. The number of nitro benzene ring substituents is 1. The van der Waals surface area contributed by atoms with Crippen LogP contribution >= 0.6 is 0 Å². The number of benzene rings is 1. The van der Waals surface area contributed by atoms with Gasteiger partial charge < -0.3 is 15.4 Å². The van der Waals surface area contributed by atoms with Crippen LogP contribution in [0.3, 0.4) is 0 Å². The van der Waals surface area contributed by atoms with Gasteiger partial charge in [0, 0.05) is 19.2 Å². The van der Waals surface area contributed by atoms with E-state index in [1.54, 1.807) is 7.05 Å². The minimum atomic E-state index is -0.766. The van der Waals surface area contributed by atoms with Gasteiger partial charge in [-0.3, -0.25) is 14.9 Å². The third-order valence-electron chi connectivity index (χ3n) is 4.49. The lowest BCUT2D eigenvalue weighted by Crippen LogP contribution is -2.42. The molecule has 136 valence electrons. The summed E-state index contributed by atoms with van der Waals surface area (Å²) in [5.41, 5.74) is 0.104. The smallest absolute Gasteiger partial charge is 0.338 e. The van der Waals surface area contributed by atoms with E-state index in [-0.39, 0.29) is 23.2 Å². The molecule has 8 nitrogen and oxygen atoms in total. The number of carbonyl (C=O) groups excluding carboxylic acids is 2. The summed E-state index contributed by atoms with van der Waals surface area (Å²) in [4.78, 5) is 34.4. The molecule has 1 aromatic carbocycles. The van der Waals surface area contributed by atoms with E-state index in [2.05, 4.69) is 17.6 Å². The fraction of sp³-hybridized carbons (Fsp3) is 0.529. The van der Waals surface area contributed by atoms with Crippen LogP contribution in [0.4, 0.5) is 11.4 Å². The van der Waals surface area contributed by atoms with E-state index < -0.39 is 17.5 Å². The van der Waals surface area contributed by atoms with Gasteiger partial charge in [-0.25, -0.2) is 4.79 Å². The molecule has 2 atom stereocenters. The number of nitrogens with one attached hydrogen (secondary N) is 2. The first-order valence-electron chi connectivity index (χ1n) is 8.35. The molecule has 25 heavy (non-hydrogen) atoms. The maximum Gasteiger partial charge on any atom is 0.338 e. The third kappa shape index (κ3) is 4.91. The van der Waals surface area contributed by atoms with Crippen LogP contribution in [0.15, 0.2) is 18.2 Å². The first kappa shape index (κ1) is 18.7. The molecule has 2 rings (SSSR count). The molecule has 0 aromatic heterocycles. The summed E-state index contributed by atoms with van der Waals surface area (Å²) in [5.74, 6) is -0.712. The summed E-state index contributed by atoms with van der Waals surface area (Å²) < 4.78 is 4.98. The van der Waals surface area contributed by atoms with Crippen LogP contribution in [0.2, 0.25) is 0 Å². The number of ether oxygens (including phenoxy) is 1. The standard InChI is InChI=1S/C17H23N3O5/c1-11-5-3-4-6-13(11)19-16(21)10-25-17(22)12-7-8-14(18-2)15(9-12)20(23)24/h7-9,11,13,18H,3-6,10H2,1-2H3,(H,19,21)/t11-,13+/m1/s1. The molecule has 0 bridgehead atoms. The van der Waals surface area contributed by atoms with Gasteiger partial charge in [-0.05, 0) is 30.9 Å². The van der Waals surface area contributed by atoms with Crippen LogP contribution in [-0.4, -0.2) is 36.5 Å². The number of rotatable bonds is 6. The van der Waals surface area contributed by atoms with E-state index in [9.17, 15) is 19.7 Å². The van der Waals surface area contributed by atoms with Crippen molar-refractivity contribution in [2.24, 2.45) is 5.92 Å². The van der Waals surface area contributed by atoms with Crippen LogP contribution in [0.5, 0.6) is 0 Å². The second-order valence-electron chi connectivity index (χ2n) is 6.25. The Balaban J connectivity index is 1.92. The fourth-order valence-electron chi connectivity index (χ4n) is 3.01. The number of nitro groups is 1. The number of amides is 1. The Morgan fingerprint density at radius 3 is 2.68 bits per heavy atom. The van der Waals surface area contributed by atoms with Gasteiger partial charge in [0.25, 0.3) is 11.6 Å². The lowest BCUT2D eigenvalue weighted by Gasteiger charge is -2.29. The topological polar surface area (TPSA) is 111 Å². The summed E-state index contributed by atoms with van der Waals surface area (Å²) in [6.07, 6.45) is 4.26. The summed E-state index contributed by atoms with van der Waals surface area (Å²) in [6, 6.07) is 4.09. The zero-order chi connectivity index (χ0) is 18.4. The molecule has 1 aromatic rings. The van der Waals surface area contributed by atoms with Crippen LogP contribution in [-0.2, 0) is 9.53 Å². The lowest BCUT2D eigenvalue weighted by molar-refractivity contribution is -0.384. The Bertz CT molecular complexity index is 662. The van der Waals surface area contributed by atoms with Crippen molar-refractivity contribution in [1.82, 2.24) is 5.32 Å². The van der Waals surface area contributed by atoms with Crippen molar-refractivity contribution in [3.05, 3.63) is 33.9 Å². The summed E-state index contributed by atoms with van der Waals surface area (Å²) in [6.45, 7) is 1.70. The average molecular weight is 349 g/mol. The number of hydrogen-bond acceptors (Lipinski definition) is 6. The minimum absolute atomic E-state index is 0.0320. The van der Waals surface area contributed by atoms with Crippen molar-refractivity contribution in [2.75, 3.05) is 19.0 Å². The summed E-state index contributed by atoms with van der Waals surface area (Å²) in [5, 5.41) is 16.6. The number of carbonyl (C=O) groups is 2. The van der Waals surface area contributed by atoms with Gasteiger partial charge in [-0.15, -0.1) is 0 Å². The molecule has 0 heterocycles. The molecule has 0 saturated heterocycles. The second kappa shape index (κ2) is 8.46. The van der Waals surface area contributed by atoms with Crippen molar-refractivity contribution in [2.45, 2.75) is 38.6 Å². The molecule has 1 saturated carbocycles. The Kier molecular flexibility index (Phi) is 6.32. The highest BCUT2D eigenvalue weighted by molar-refractivity contribution is 5.93. The molecule has 2 N–H and O–H groups in total. The quantitative estimate of drug-likeness (QED) is 0.464. The van der Waals surface area contributed by atoms with E-state index in [4.69, 9.17) is 4.74 Å². The molecular formula is C17H23N3O5. The maximum absolute atomic E-state index is 12.0. The molecule has 0 spiro atoms. The highest BCUT2D eigenvalue weighted by Gasteiger charge is 2.23. The molecule has 0 unspecified atom stereocenters. The van der Waals surface area contributed by atoms with Crippen molar-refractivity contribution in [3.8, 4) is 0 Å². The average Bonchev–Trinajstić information content (AvgIpc) is 2.61. The van der Waals surface area contributed by atoms with Gasteiger partial charge >= 0.3 is 5.97 Å². The van der Waals surface area contributed by atoms with Gasteiger partial charge in [0.2, 0.25) is 0 Å². The monoisotopic (exact) mass is 349 g/mol. The molecule has 0 aliphatic heterocycles. The zero-order valence-corrected chi connectivity index (χ0v) is 14.4. The van der Waals surface area contributed by atoms with E-state index in [0.717, 1.165) is 25.3 Å². The van der Waals surface area contributed by atoms with Crippen molar-refractivity contribution in [3.63, 3.8) is 0 Å². The van der Waals surface area contributed by atoms with Crippen LogP contribution < -0.4 is 10.6 Å². The Hall–Kier alpha value is -2.64. The van der Waals surface area contributed by atoms with Gasteiger partial charge in [0.05, 0.1) is 10.5 Å². The molecule has 1 aliphatic carbocycles. The van der Waals surface area contributed by atoms with Gasteiger partial charge in [-0.2, -0.15) is 0 Å². The van der Waals surface area contributed by atoms with Gasteiger partial charge in [-0.1, -0.05) is 19.8 Å². The number of anilines is 1. The van der Waals surface area contributed by atoms with Gasteiger partial charge in [0.15, 0.2) is 6.61 Å². The number of nitrogens with zero attached hydrogens (tertiary/aromatic N) is 1. The van der Waals surface area contributed by atoms with E-state index in [1.807, 2.05) is 0 Å². The fourth-order valence-corrected chi connectivity index (χ4v) is 3.01. The predicted octanol–water partition coefficient (Wildman–Crippen LogP) is 2.49. The Labute approximate surface area is 146 Å². The predicted molar refractivity (Wildman–Crippen MR) is 92.5 cm³/mol. The summed E-state index contributed by atoms with van der Waals surface area (Å²) >= 11 is 0. The largest absolute Gasteiger partial charge is 0.452 e. The van der Waals surface area contributed by atoms with Crippen molar-refractivity contribution < 1.29 is 19.2 Å². The normalized spacial score (nSPS) is 19.8. The van der Waals surface area contributed by atoms with E-state index in [1.165, 1.54) is 18.6 Å². The highest BCUT2D eigenvalue weighted by atomic mass is 16.6. The van der Waals surface area contributed by atoms with Crippen molar-refractivity contribution in [1.29, 1.82) is 0 Å². The van der Waals surface area contributed by atoms with E-state index >= 15 is 0 Å². The minimum Gasteiger partial charge on any atom is -0.452 e. The summed E-state index contributed by atoms with van der Waals surface area (Å²) in [7, 11) is 1.55. The molecule has 1 fully saturated rings. The molecule has 0 radical (unpaired) electrons.